The van der Waals surface area contributed by atoms with Gasteiger partial charge in [-0.15, -0.1) is 0 Å². The first-order chi connectivity index (χ1) is 11.8. The Morgan fingerprint density at radius 3 is 2.28 bits per heavy atom. The highest BCUT2D eigenvalue weighted by Crippen LogP contribution is 2.28. The van der Waals surface area contributed by atoms with Crippen LogP contribution in [0.4, 0.5) is 5.69 Å². The summed E-state index contributed by atoms with van der Waals surface area (Å²) >= 11 is 5.91. The third-order valence-electron chi connectivity index (χ3n) is 3.92. The number of aromatic nitrogens is 1. The normalized spacial score (nSPS) is 11.5. The van der Waals surface area contributed by atoms with Gasteiger partial charge in [0.15, 0.2) is 0 Å². The zero-order chi connectivity index (χ0) is 18.2. The number of rotatable bonds is 4. The highest BCUT2D eigenvalue weighted by Gasteiger charge is 2.17. The third-order valence-corrected chi connectivity index (χ3v) is 5.54. The number of aryl methyl sites for hydroxylation is 3. The SMILES string of the molecule is Cc1cc(Cl)ccc1NS(=O)(=O)c1ccc(-c2c(C)noc2C)cc1. The maximum absolute atomic E-state index is 12.6. The molecule has 0 saturated carbocycles. The molecule has 0 bridgehead atoms. The zero-order valence-electron chi connectivity index (χ0n) is 14.0. The van der Waals surface area contributed by atoms with Gasteiger partial charge in [-0.1, -0.05) is 28.9 Å². The molecule has 0 saturated heterocycles. The van der Waals surface area contributed by atoms with Gasteiger partial charge < -0.3 is 4.52 Å². The molecule has 3 rings (SSSR count). The molecule has 2 aromatic carbocycles. The molecule has 0 fully saturated rings. The van der Waals surface area contributed by atoms with Crippen molar-refractivity contribution < 1.29 is 12.9 Å². The van der Waals surface area contributed by atoms with Crippen molar-refractivity contribution in [3.05, 3.63) is 64.5 Å². The van der Waals surface area contributed by atoms with Gasteiger partial charge >= 0.3 is 0 Å². The third kappa shape index (κ3) is 3.55. The van der Waals surface area contributed by atoms with Crippen molar-refractivity contribution in [2.24, 2.45) is 0 Å². The molecule has 1 aromatic heterocycles. The van der Waals surface area contributed by atoms with E-state index >= 15 is 0 Å². The highest BCUT2D eigenvalue weighted by atomic mass is 35.5. The molecule has 25 heavy (non-hydrogen) atoms. The average molecular weight is 377 g/mol. The van der Waals surface area contributed by atoms with Crippen LogP contribution in [0.2, 0.25) is 5.02 Å². The van der Waals surface area contributed by atoms with E-state index in [-0.39, 0.29) is 4.90 Å². The molecule has 130 valence electrons. The molecule has 7 heteroatoms. The van der Waals surface area contributed by atoms with Crippen LogP contribution in [0.25, 0.3) is 11.1 Å². The molecular weight excluding hydrogens is 360 g/mol. The Hall–Kier alpha value is -2.31. The van der Waals surface area contributed by atoms with Crippen molar-refractivity contribution >= 4 is 27.3 Å². The topological polar surface area (TPSA) is 72.2 Å². The molecule has 1 N–H and O–H groups in total. The molecule has 0 radical (unpaired) electrons. The van der Waals surface area contributed by atoms with E-state index in [4.69, 9.17) is 16.1 Å². The Balaban J connectivity index is 1.91. The van der Waals surface area contributed by atoms with E-state index < -0.39 is 10.0 Å². The molecule has 0 aliphatic rings. The summed E-state index contributed by atoms with van der Waals surface area (Å²) in [5, 5.41) is 4.48. The predicted molar refractivity (Wildman–Crippen MR) is 98.4 cm³/mol. The number of anilines is 1. The second-order valence-corrected chi connectivity index (χ2v) is 7.91. The lowest BCUT2D eigenvalue weighted by molar-refractivity contribution is 0.393. The number of nitrogens with one attached hydrogen (secondary N) is 1. The van der Waals surface area contributed by atoms with Crippen molar-refractivity contribution in [3.8, 4) is 11.1 Å². The van der Waals surface area contributed by atoms with Crippen LogP contribution in [0.1, 0.15) is 17.0 Å². The van der Waals surface area contributed by atoms with Gasteiger partial charge in [0.2, 0.25) is 0 Å². The average Bonchev–Trinajstić information content (AvgIpc) is 2.89. The van der Waals surface area contributed by atoms with E-state index in [2.05, 4.69) is 9.88 Å². The fraction of sp³-hybridized carbons (Fsp3) is 0.167. The molecule has 3 aromatic rings. The van der Waals surface area contributed by atoms with Gasteiger partial charge in [0.05, 0.1) is 16.3 Å². The lowest BCUT2D eigenvalue weighted by Crippen LogP contribution is -2.13. The van der Waals surface area contributed by atoms with E-state index in [0.29, 0.717) is 16.5 Å². The predicted octanol–water partition coefficient (Wildman–Crippen LogP) is 4.72. The fourth-order valence-electron chi connectivity index (χ4n) is 2.64. The van der Waals surface area contributed by atoms with E-state index in [9.17, 15) is 8.42 Å². The molecule has 1 heterocycles. The van der Waals surface area contributed by atoms with Gasteiger partial charge in [-0.3, -0.25) is 4.72 Å². The van der Waals surface area contributed by atoms with Crippen molar-refractivity contribution in [1.29, 1.82) is 0 Å². The molecule has 5 nitrogen and oxygen atoms in total. The van der Waals surface area contributed by atoms with Crippen LogP contribution in [-0.4, -0.2) is 13.6 Å². The summed E-state index contributed by atoms with van der Waals surface area (Å²) < 4.78 is 32.9. The minimum atomic E-state index is -3.69. The van der Waals surface area contributed by atoms with Crippen LogP contribution in [-0.2, 0) is 10.0 Å². The summed E-state index contributed by atoms with van der Waals surface area (Å²) in [7, 11) is -3.69. The van der Waals surface area contributed by atoms with Crippen LogP contribution in [0.3, 0.4) is 0 Å². The van der Waals surface area contributed by atoms with Gasteiger partial charge in [0.1, 0.15) is 5.76 Å². The number of hydrogen-bond acceptors (Lipinski definition) is 4. The Bertz CT molecular complexity index is 1010. The lowest BCUT2D eigenvalue weighted by Gasteiger charge is -2.11. The van der Waals surface area contributed by atoms with E-state index in [1.165, 1.54) is 0 Å². The summed E-state index contributed by atoms with van der Waals surface area (Å²) in [5.74, 6) is 0.697. The standard InChI is InChI=1S/C18H17ClN2O3S/c1-11-10-15(19)6-9-17(11)21-25(22,23)16-7-4-14(5-8-16)18-12(2)20-24-13(18)3/h4-10,21H,1-3H3. The summed E-state index contributed by atoms with van der Waals surface area (Å²) in [6, 6.07) is 11.6. The first kappa shape index (κ1) is 17.5. The number of halogens is 1. The van der Waals surface area contributed by atoms with Gasteiger partial charge in [-0.2, -0.15) is 0 Å². The Labute approximate surface area is 151 Å². The first-order valence-corrected chi connectivity index (χ1v) is 9.46. The minimum Gasteiger partial charge on any atom is -0.361 e. The van der Waals surface area contributed by atoms with Crippen LogP contribution >= 0.6 is 11.6 Å². The number of sulfonamides is 1. The van der Waals surface area contributed by atoms with Crippen LogP contribution in [0, 0.1) is 20.8 Å². The van der Waals surface area contributed by atoms with Crippen LogP contribution < -0.4 is 4.72 Å². The van der Waals surface area contributed by atoms with Gasteiger partial charge in [0.25, 0.3) is 10.0 Å². The van der Waals surface area contributed by atoms with Gasteiger partial charge in [-0.05, 0) is 62.2 Å². The van der Waals surface area contributed by atoms with Crippen molar-refractivity contribution in [2.45, 2.75) is 25.7 Å². The maximum atomic E-state index is 12.6. The largest absolute Gasteiger partial charge is 0.361 e. The summed E-state index contributed by atoms with van der Waals surface area (Å²) in [6.45, 7) is 5.47. The second kappa shape index (κ2) is 6.54. The number of nitrogens with zero attached hydrogens (tertiary/aromatic N) is 1. The van der Waals surface area contributed by atoms with Crippen LogP contribution in [0.15, 0.2) is 51.9 Å². The maximum Gasteiger partial charge on any atom is 0.261 e. The smallest absolute Gasteiger partial charge is 0.261 e. The second-order valence-electron chi connectivity index (χ2n) is 5.79. The Morgan fingerprint density at radius 2 is 1.72 bits per heavy atom. The molecule has 0 atom stereocenters. The van der Waals surface area contributed by atoms with E-state index in [1.54, 1.807) is 49.4 Å². The fourth-order valence-corrected chi connectivity index (χ4v) is 4.00. The van der Waals surface area contributed by atoms with Crippen molar-refractivity contribution in [1.82, 2.24) is 5.16 Å². The zero-order valence-corrected chi connectivity index (χ0v) is 15.6. The quantitative estimate of drug-likeness (QED) is 0.715. The van der Waals surface area contributed by atoms with Crippen LogP contribution in [0.5, 0.6) is 0 Å². The summed E-state index contributed by atoms with van der Waals surface area (Å²) in [5.41, 5.74) is 3.76. The summed E-state index contributed by atoms with van der Waals surface area (Å²) in [6.07, 6.45) is 0. The molecular formula is C18H17ClN2O3S. The number of benzene rings is 2. The van der Waals surface area contributed by atoms with Crippen molar-refractivity contribution in [2.75, 3.05) is 4.72 Å². The molecule has 0 unspecified atom stereocenters. The van der Waals surface area contributed by atoms with E-state index in [0.717, 1.165) is 22.4 Å². The van der Waals surface area contributed by atoms with E-state index in [1.807, 2.05) is 13.8 Å². The molecule has 0 aliphatic carbocycles. The Kier molecular flexibility index (Phi) is 4.58. The minimum absolute atomic E-state index is 0.178. The van der Waals surface area contributed by atoms with Gasteiger partial charge in [0, 0.05) is 10.6 Å². The van der Waals surface area contributed by atoms with Crippen molar-refractivity contribution in [3.63, 3.8) is 0 Å². The summed E-state index contributed by atoms with van der Waals surface area (Å²) in [4.78, 5) is 0.178. The number of hydrogen-bond donors (Lipinski definition) is 1. The lowest BCUT2D eigenvalue weighted by atomic mass is 10.0. The monoisotopic (exact) mass is 376 g/mol. The van der Waals surface area contributed by atoms with Gasteiger partial charge in [-0.25, -0.2) is 8.42 Å². The Morgan fingerprint density at radius 1 is 1.04 bits per heavy atom. The highest BCUT2D eigenvalue weighted by molar-refractivity contribution is 7.92. The molecule has 0 spiro atoms. The molecule has 0 aliphatic heterocycles. The first-order valence-electron chi connectivity index (χ1n) is 7.60. The molecule has 0 amide bonds.